The average Bonchev–Trinajstić information content (AvgIpc) is 3.12. The number of hydrogen-bond donors (Lipinski definition) is 1. The quantitative estimate of drug-likeness (QED) is 0.279. The van der Waals surface area contributed by atoms with E-state index in [4.69, 9.17) is 4.74 Å². The summed E-state index contributed by atoms with van der Waals surface area (Å²) in [5.74, 6) is -0.853. The molecule has 0 bridgehead atoms. The zero-order valence-corrected chi connectivity index (χ0v) is 21.1. The molecule has 186 valence electrons. The molecule has 0 aliphatic carbocycles. The molecule has 7 heteroatoms. The van der Waals surface area contributed by atoms with Gasteiger partial charge in [0.2, 0.25) is 0 Å². The van der Waals surface area contributed by atoms with Crippen LogP contribution in [0.3, 0.4) is 0 Å². The lowest BCUT2D eigenvalue weighted by atomic mass is 9.93. The fourth-order valence-electron chi connectivity index (χ4n) is 4.39. The van der Waals surface area contributed by atoms with E-state index in [1.54, 1.807) is 30.6 Å². The number of aliphatic hydroxyl groups excluding tert-OH is 1. The minimum Gasteiger partial charge on any atom is -0.507 e. The normalized spacial score (nSPS) is 16.9. The second-order valence-corrected chi connectivity index (χ2v) is 9.10. The van der Waals surface area contributed by atoms with Gasteiger partial charge in [0.05, 0.1) is 18.2 Å². The van der Waals surface area contributed by atoms with Gasteiger partial charge in [-0.2, -0.15) is 0 Å². The highest BCUT2D eigenvalue weighted by molar-refractivity contribution is 6.46. The van der Waals surface area contributed by atoms with Gasteiger partial charge in [-0.25, -0.2) is 0 Å². The third-order valence-corrected chi connectivity index (χ3v) is 6.27. The maximum atomic E-state index is 13.3. The molecule has 2 aromatic carbocycles. The smallest absolute Gasteiger partial charge is 0.295 e. The van der Waals surface area contributed by atoms with Gasteiger partial charge in [0.1, 0.15) is 11.5 Å². The maximum Gasteiger partial charge on any atom is 0.295 e. The first-order chi connectivity index (χ1) is 17.3. The molecule has 1 atom stereocenters. The monoisotopic (exact) mass is 485 g/mol. The number of carbonyl (C=O) groups excluding carboxylic acids is 2. The number of anilines is 1. The maximum absolute atomic E-state index is 13.3. The van der Waals surface area contributed by atoms with Crippen molar-refractivity contribution in [3.05, 3.63) is 94.8 Å². The number of carbonyl (C=O) groups is 2. The fraction of sp³-hybridized carbons (Fsp3) is 0.276. The molecule has 1 aromatic heterocycles. The number of hydrogen-bond acceptors (Lipinski definition) is 6. The molecule has 7 nitrogen and oxygen atoms in total. The molecule has 36 heavy (non-hydrogen) atoms. The van der Waals surface area contributed by atoms with Crippen LogP contribution in [0.1, 0.15) is 41.6 Å². The van der Waals surface area contributed by atoms with Gasteiger partial charge in [0.15, 0.2) is 0 Å². The van der Waals surface area contributed by atoms with Crippen molar-refractivity contribution in [2.45, 2.75) is 32.9 Å². The predicted octanol–water partition coefficient (Wildman–Crippen LogP) is 4.87. The second kappa shape index (κ2) is 10.6. The van der Waals surface area contributed by atoms with Crippen LogP contribution < -0.4 is 9.64 Å². The Hall–Kier alpha value is -4.13. The highest BCUT2D eigenvalue weighted by atomic mass is 16.5. The van der Waals surface area contributed by atoms with Crippen molar-refractivity contribution < 1.29 is 19.4 Å². The number of ketones is 1. The van der Waals surface area contributed by atoms with E-state index >= 15 is 0 Å². The van der Waals surface area contributed by atoms with Gasteiger partial charge in [0, 0.05) is 44.3 Å². The fourth-order valence-corrected chi connectivity index (χ4v) is 4.39. The second-order valence-electron chi connectivity index (χ2n) is 9.10. The van der Waals surface area contributed by atoms with Gasteiger partial charge in [-0.3, -0.25) is 14.6 Å². The number of likely N-dealkylation sites (tertiary alicyclic amines) is 1. The Morgan fingerprint density at radius 3 is 2.47 bits per heavy atom. The standard InChI is InChI=1S/C29H31N3O4/c1-5-15-36-23-12-13-24(19(2)16-23)27(33)25-26(21-8-10-22(11-9-21)31(3)4)32(29(35)28(25)34)18-20-7-6-14-30-17-20/h6-14,16-17,26,33H,5,15,18H2,1-4H3. The molecule has 1 fully saturated rings. The van der Waals surface area contributed by atoms with Gasteiger partial charge >= 0.3 is 0 Å². The van der Waals surface area contributed by atoms with Crippen molar-refractivity contribution in [1.29, 1.82) is 0 Å². The van der Waals surface area contributed by atoms with Gasteiger partial charge in [-0.1, -0.05) is 25.1 Å². The zero-order valence-electron chi connectivity index (χ0n) is 21.1. The minimum absolute atomic E-state index is 0.0758. The predicted molar refractivity (Wildman–Crippen MR) is 140 cm³/mol. The van der Waals surface area contributed by atoms with Crippen LogP contribution in [-0.4, -0.2) is 47.4 Å². The van der Waals surface area contributed by atoms with Crippen LogP contribution in [0.25, 0.3) is 5.76 Å². The first-order valence-electron chi connectivity index (χ1n) is 12.0. The SMILES string of the molecule is CCCOc1ccc(C(O)=C2C(=O)C(=O)N(Cc3cccnc3)C2c2ccc(N(C)C)cc2)c(C)c1. The summed E-state index contributed by atoms with van der Waals surface area (Å²) < 4.78 is 5.70. The molecule has 1 aliphatic rings. The van der Waals surface area contributed by atoms with Crippen molar-refractivity contribution in [3.63, 3.8) is 0 Å². The number of pyridine rings is 1. The highest BCUT2D eigenvalue weighted by Crippen LogP contribution is 2.41. The molecule has 1 amide bonds. The van der Waals surface area contributed by atoms with E-state index in [0.717, 1.165) is 28.8 Å². The van der Waals surface area contributed by atoms with E-state index in [-0.39, 0.29) is 17.9 Å². The van der Waals surface area contributed by atoms with E-state index in [1.165, 1.54) is 4.90 Å². The molecule has 3 aromatic rings. The van der Waals surface area contributed by atoms with Crippen LogP contribution in [0.15, 0.2) is 72.6 Å². The van der Waals surface area contributed by atoms with Gasteiger partial charge in [-0.05, 0) is 66.4 Å². The lowest BCUT2D eigenvalue weighted by Crippen LogP contribution is -2.29. The molecular formula is C29H31N3O4. The number of benzene rings is 2. The molecule has 0 spiro atoms. The van der Waals surface area contributed by atoms with Crippen molar-refractivity contribution in [2.24, 2.45) is 0 Å². The summed E-state index contributed by atoms with van der Waals surface area (Å²) in [7, 11) is 3.89. The highest BCUT2D eigenvalue weighted by Gasteiger charge is 2.46. The van der Waals surface area contributed by atoms with E-state index in [9.17, 15) is 14.7 Å². The summed E-state index contributed by atoms with van der Waals surface area (Å²) in [4.78, 5) is 34.2. The van der Waals surface area contributed by atoms with Crippen LogP contribution in [0, 0.1) is 6.92 Å². The summed E-state index contributed by atoms with van der Waals surface area (Å²) >= 11 is 0. The average molecular weight is 486 g/mol. The largest absolute Gasteiger partial charge is 0.507 e. The molecular weight excluding hydrogens is 454 g/mol. The molecule has 0 saturated carbocycles. The number of aryl methyl sites for hydroxylation is 1. The van der Waals surface area contributed by atoms with Crippen LogP contribution in [0.4, 0.5) is 5.69 Å². The number of Topliss-reactive ketones (excluding diaryl/α,β-unsaturated/α-hetero) is 1. The lowest BCUT2D eigenvalue weighted by Gasteiger charge is -2.26. The number of nitrogens with zero attached hydrogens (tertiary/aromatic N) is 3. The molecule has 1 N–H and O–H groups in total. The van der Waals surface area contributed by atoms with E-state index in [1.807, 2.05) is 69.2 Å². The van der Waals surface area contributed by atoms with E-state index in [2.05, 4.69) is 4.98 Å². The Labute approximate surface area is 211 Å². The lowest BCUT2D eigenvalue weighted by molar-refractivity contribution is -0.140. The van der Waals surface area contributed by atoms with Crippen molar-refractivity contribution in [3.8, 4) is 5.75 Å². The van der Waals surface area contributed by atoms with Gasteiger partial charge < -0.3 is 19.6 Å². The van der Waals surface area contributed by atoms with Crippen LogP contribution in [0.2, 0.25) is 0 Å². The summed E-state index contributed by atoms with van der Waals surface area (Å²) in [6.45, 7) is 4.66. The number of rotatable bonds is 8. The third kappa shape index (κ3) is 4.96. The summed E-state index contributed by atoms with van der Waals surface area (Å²) in [5.41, 5.74) is 3.84. The van der Waals surface area contributed by atoms with Crippen molar-refractivity contribution in [2.75, 3.05) is 25.6 Å². The number of aliphatic hydroxyl groups is 1. The number of amides is 1. The molecule has 1 unspecified atom stereocenters. The molecule has 1 aliphatic heterocycles. The third-order valence-electron chi connectivity index (χ3n) is 6.27. The Kier molecular flexibility index (Phi) is 7.38. The molecule has 2 heterocycles. The summed E-state index contributed by atoms with van der Waals surface area (Å²) in [5, 5.41) is 11.4. The van der Waals surface area contributed by atoms with Crippen LogP contribution >= 0.6 is 0 Å². The summed E-state index contributed by atoms with van der Waals surface area (Å²) in [6.07, 6.45) is 4.21. The van der Waals surface area contributed by atoms with Gasteiger partial charge in [0.25, 0.3) is 11.7 Å². The topological polar surface area (TPSA) is 83.0 Å². The van der Waals surface area contributed by atoms with E-state index in [0.29, 0.717) is 17.9 Å². The molecule has 1 saturated heterocycles. The Balaban J connectivity index is 1.82. The van der Waals surface area contributed by atoms with Crippen molar-refractivity contribution >= 4 is 23.1 Å². The minimum atomic E-state index is -0.739. The van der Waals surface area contributed by atoms with Crippen LogP contribution in [0.5, 0.6) is 5.75 Å². The Bertz CT molecular complexity index is 1280. The Morgan fingerprint density at radius 2 is 1.86 bits per heavy atom. The molecule has 4 rings (SSSR count). The van der Waals surface area contributed by atoms with Crippen molar-refractivity contribution in [1.82, 2.24) is 9.88 Å². The van der Waals surface area contributed by atoms with Gasteiger partial charge in [-0.15, -0.1) is 0 Å². The first kappa shape index (κ1) is 25.0. The number of ether oxygens (including phenoxy) is 1. The van der Waals surface area contributed by atoms with Crippen LogP contribution in [-0.2, 0) is 16.1 Å². The number of aromatic nitrogens is 1. The summed E-state index contributed by atoms with van der Waals surface area (Å²) in [6, 6.07) is 15.9. The zero-order chi connectivity index (χ0) is 25.8. The first-order valence-corrected chi connectivity index (χ1v) is 12.0. The van der Waals surface area contributed by atoms with E-state index < -0.39 is 17.7 Å². The molecule has 0 radical (unpaired) electrons. The Morgan fingerprint density at radius 1 is 1.11 bits per heavy atom.